The summed E-state index contributed by atoms with van der Waals surface area (Å²) in [5.41, 5.74) is -0.150. The van der Waals surface area contributed by atoms with Gasteiger partial charge >= 0.3 is 11.4 Å². The summed E-state index contributed by atoms with van der Waals surface area (Å²) in [5.74, 6) is 0. The molecule has 0 saturated carbocycles. The van der Waals surface area contributed by atoms with Crippen molar-refractivity contribution >= 4 is 11.4 Å². The number of hydrogen-bond donors (Lipinski definition) is 0. The zero-order valence-electron chi connectivity index (χ0n) is 6.66. The number of rotatable bonds is 2. The van der Waals surface area contributed by atoms with Crippen LogP contribution in [0.5, 0.6) is 0 Å². The Morgan fingerprint density at radius 2 is 2.09 bits per heavy atom. The van der Waals surface area contributed by atoms with Gasteiger partial charge in [-0.15, -0.1) is 0 Å². The van der Waals surface area contributed by atoms with Crippen LogP contribution in [-0.2, 0) is 24.5 Å². The van der Waals surface area contributed by atoms with Crippen molar-refractivity contribution in [2.75, 3.05) is 26.9 Å². The Bertz CT molecular complexity index is 149. The smallest absolute Gasteiger partial charge is 0.304 e. The summed E-state index contributed by atoms with van der Waals surface area (Å²) in [6.45, 7) is 3.37. The van der Waals surface area contributed by atoms with Crippen LogP contribution in [-0.4, -0.2) is 31.1 Å². The van der Waals surface area contributed by atoms with Crippen LogP contribution in [0, 0.1) is 5.41 Å². The number of ether oxygens (including phenoxy) is 1. The molecule has 1 saturated heterocycles. The van der Waals surface area contributed by atoms with Gasteiger partial charge in [0.2, 0.25) is 0 Å². The van der Waals surface area contributed by atoms with Crippen molar-refractivity contribution in [2.45, 2.75) is 6.92 Å². The molecular formula is C6H12O4S. The first kappa shape index (κ1) is 9.12. The molecule has 0 bridgehead atoms. The van der Waals surface area contributed by atoms with Gasteiger partial charge in [0.05, 0.1) is 19.8 Å². The Morgan fingerprint density at radius 1 is 1.55 bits per heavy atom. The maximum absolute atomic E-state index is 10.6. The molecule has 0 aromatic heterocycles. The lowest BCUT2D eigenvalue weighted by molar-refractivity contribution is -0.00773. The average molecular weight is 180 g/mol. The molecule has 1 rings (SSSR count). The lowest BCUT2D eigenvalue weighted by Gasteiger charge is -2.30. The summed E-state index contributed by atoms with van der Waals surface area (Å²) in [7, 11) is 1.62. The van der Waals surface area contributed by atoms with E-state index < -0.39 is 11.4 Å². The van der Waals surface area contributed by atoms with Gasteiger partial charge in [0, 0.05) is 12.5 Å². The molecule has 0 aromatic carbocycles. The molecule has 4 nitrogen and oxygen atoms in total. The first-order valence-corrected chi connectivity index (χ1v) is 4.33. The maximum atomic E-state index is 10.6. The second kappa shape index (κ2) is 3.62. The third kappa shape index (κ3) is 2.52. The third-order valence-corrected chi connectivity index (χ3v) is 2.12. The van der Waals surface area contributed by atoms with E-state index in [0.717, 1.165) is 0 Å². The van der Waals surface area contributed by atoms with E-state index >= 15 is 0 Å². The first-order chi connectivity index (χ1) is 5.16. The summed E-state index contributed by atoms with van der Waals surface area (Å²) in [5, 5.41) is 0. The van der Waals surface area contributed by atoms with E-state index in [4.69, 9.17) is 13.1 Å². The van der Waals surface area contributed by atoms with E-state index in [1.165, 1.54) is 0 Å². The van der Waals surface area contributed by atoms with Crippen LogP contribution in [0.4, 0.5) is 0 Å². The second-order valence-corrected chi connectivity index (χ2v) is 3.85. The molecule has 0 N–H and O–H groups in total. The standard InChI is InChI=1S/C6H12O4S/c1-6(3-8-2)4-9-11(7)10-5-6/h3-5H2,1-2H3. The molecule has 0 aliphatic carbocycles. The van der Waals surface area contributed by atoms with Gasteiger partial charge < -0.3 is 4.74 Å². The van der Waals surface area contributed by atoms with Gasteiger partial charge in [-0.25, -0.2) is 0 Å². The molecule has 1 fully saturated rings. The summed E-state index contributed by atoms with van der Waals surface area (Å²) < 4.78 is 25.2. The fraction of sp³-hybridized carbons (Fsp3) is 1.00. The molecule has 1 aliphatic rings. The van der Waals surface area contributed by atoms with Gasteiger partial charge in [0.1, 0.15) is 0 Å². The fourth-order valence-corrected chi connectivity index (χ4v) is 1.72. The van der Waals surface area contributed by atoms with Crippen molar-refractivity contribution in [3.8, 4) is 0 Å². The Morgan fingerprint density at radius 3 is 2.55 bits per heavy atom. The number of hydrogen-bond acceptors (Lipinski definition) is 4. The van der Waals surface area contributed by atoms with Crippen LogP contribution >= 0.6 is 0 Å². The lowest BCUT2D eigenvalue weighted by Crippen LogP contribution is -2.38. The monoisotopic (exact) mass is 180 g/mol. The first-order valence-electron chi connectivity index (χ1n) is 3.33. The molecule has 11 heavy (non-hydrogen) atoms. The number of methoxy groups -OCH3 is 1. The lowest BCUT2D eigenvalue weighted by atomic mass is 9.95. The zero-order chi connectivity index (χ0) is 8.32. The Hall–Kier alpha value is 0.0300. The fourth-order valence-electron chi connectivity index (χ4n) is 0.888. The van der Waals surface area contributed by atoms with E-state index in [2.05, 4.69) is 0 Å². The van der Waals surface area contributed by atoms with Crippen LogP contribution in [0.1, 0.15) is 6.92 Å². The molecule has 66 valence electrons. The molecule has 0 spiro atoms. The van der Waals surface area contributed by atoms with Gasteiger partial charge in [-0.05, 0) is 0 Å². The SMILES string of the molecule is COCC1(C)COS(=O)OC1. The molecule has 5 heteroatoms. The highest BCUT2D eigenvalue weighted by atomic mass is 32.2. The zero-order valence-corrected chi connectivity index (χ0v) is 7.48. The van der Waals surface area contributed by atoms with Crippen LogP contribution in [0.2, 0.25) is 0 Å². The minimum absolute atomic E-state index is 0.150. The summed E-state index contributed by atoms with van der Waals surface area (Å²) in [6, 6.07) is 0. The Labute approximate surface area is 68.7 Å². The van der Waals surface area contributed by atoms with Crippen LogP contribution in [0.15, 0.2) is 0 Å². The molecular weight excluding hydrogens is 168 g/mol. The van der Waals surface area contributed by atoms with Crippen molar-refractivity contribution < 1.29 is 17.3 Å². The van der Waals surface area contributed by atoms with Gasteiger partial charge in [0.25, 0.3) is 0 Å². The van der Waals surface area contributed by atoms with E-state index in [9.17, 15) is 4.21 Å². The highest BCUT2D eigenvalue weighted by molar-refractivity contribution is 7.75. The average Bonchev–Trinajstić information content (AvgIpc) is 1.97. The third-order valence-electron chi connectivity index (χ3n) is 1.50. The molecule has 1 aliphatic heterocycles. The predicted octanol–water partition coefficient (Wildman–Crippen LogP) is 0.265. The van der Waals surface area contributed by atoms with Gasteiger partial charge in [-0.3, -0.25) is 8.37 Å². The Kier molecular flexibility index (Phi) is 3.00. The van der Waals surface area contributed by atoms with Crippen molar-refractivity contribution in [3.63, 3.8) is 0 Å². The van der Waals surface area contributed by atoms with Crippen molar-refractivity contribution in [2.24, 2.45) is 5.41 Å². The molecule has 0 radical (unpaired) electrons. The summed E-state index contributed by atoms with van der Waals surface area (Å²) in [6.07, 6.45) is 0. The topological polar surface area (TPSA) is 44.8 Å². The molecule has 0 amide bonds. The van der Waals surface area contributed by atoms with E-state index in [-0.39, 0.29) is 5.41 Å². The van der Waals surface area contributed by atoms with E-state index in [1.54, 1.807) is 7.11 Å². The van der Waals surface area contributed by atoms with Crippen LogP contribution in [0.25, 0.3) is 0 Å². The predicted molar refractivity (Wildman–Crippen MR) is 40.0 cm³/mol. The maximum Gasteiger partial charge on any atom is 0.304 e. The summed E-state index contributed by atoms with van der Waals surface area (Å²) in [4.78, 5) is 0. The van der Waals surface area contributed by atoms with Gasteiger partial charge in [-0.2, -0.15) is 4.21 Å². The molecule has 0 unspecified atom stereocenters. The molecule has 1 heterocycles. The highest BCUT2D eigenvalue weighted by Crippen LogP contribution is 2.23. The van der Waals surface area contributed by atoms with Crippen LogP contribution < -0.4 is 0 Å². The summed E-state index contributed by atoms with van der Waals surface area (Å²) >= 11 is -1.55. The highest BCUT2D eigenvalue weighted by Gasteiger charge is 2.31. The van der Waals surface area contributed by atoms with E-state index in [0.29, 0.717) is 19.8 Å². The quantitative estimate of drug-likeness (QED) is 0.611. The van der Waals surface area contributed by atoms with E-state index in [1.807, 2.05) is 6.92 Å². The second-order valence-electron chi connectivity index (χ2n) is 2.97. The Balaban J connectivity index is 2.41. The van der Waals surface area contributed by atoms with Crippen molar-refractivity contribution in [1.82, 2.24) is 0 Å². The largest absolute Gasteiger partial charge is 0.384 e. The van der Waals surface area contributed by atoms with Crippen LogP contribution in [0.3, 0.4) is 0 Å². The molecule has 0 aromatic rings. The van der Waals surface area contributed by atoms with Crippen molar-refractivity contribution in [3.05, 3.63) is 0 Å². The minimum Gasteiger partial charge on any atom is -0.384 e. The minimum atomic E-state index is -1.55. The van der Waals surface area contributed by atoms with Gasteiger partial charge in [0.15, 0.2) is 0 Å². The molecule has 0 atom stereocenters. The van der Waals surface area contributed by atoms with Gasteiger partial charge in [-0.1, -0.05) is 6.92 Å². The normalized spacial score (nSPS) is 38.9. The van der Waals surface area contributed by atoms with Crippen molar-refractivity contribution in [1.29, 1.82) is 0 Å².